The molecule has 0 aliphatic rings. The molecule has 0 atom stereocenters. The Morgan fingerprint density at radius 1 is 1.33 bits per heavy atom. The number of oxazole rings is 1. The molecule has 2 aromatic rings. The van der Waals surface area contributed by atoms with Crippen LogP contribution in [-0.2, 0) is 0 Å². The van der Waals surface area contributed by atoms with Gasteiger partial charge in [0.25, 0.3) is 0 Å². The van der Waals surface area contributed by atoms with Gasteiger partial charge in [-0.1, -0.05) is 6.07 Å². The van der Waals surface area contributed by atoms with Crippen LogP contribution in [0.5, 0.6) is 0 Å². The van der Waals surface area contributed by atoms with E-state index in [2.05, 4.69) is 25.9 Å². The van der Waals surface area contributed by atoms with E-state index in [1.807, 2.05) is 18.2 Å². The molecule has 0 fully saturated rings. The van der Waals surface area contributed by atoms with Crippen LogP contribution in [0.25, 0.3) is 11.6 Å². The molecule has 2 heterocycles. The summed E-state index contributed by atoms with van der Waals surface area (Å²) in [6, 6.07) is 5.58. The molecular weight excluding hydrogens is 220 g/mol. The normalized spacial score (nSPS) is 10.1. The third-order valence-corrected chi connectivity index (χ3v) is 1.81. The number of halogens is 1. The Balaban J connectivity index is 2.48. The maximum Gasteiger partial charge on any atom is 0.245 e. The van der Waals surface area contributed by atoms with E-state index in [-0.39, 0.29) is 0 Å². The number of hydrogen-bond acceptors (Lipinski definition) is 3. The van der Waals surface area contributed by atoms with E-state index in [1.54, 1.807) is 6.20 Å². The van der Waals surface area contributed by atoms with Crippen LogP contribution in [0.15, 0.2) is 39.7 Å². The predicted octanol–water partition coefficient (Wildman–Crippen LogP) is 2.50. The highest BCUT2D eigenvalue weighted by atomic mass is 79.9. The van der Waals surface area contributed by atoms with Crippen molar-refractivity contribution < 1.29 is 4.42 Å². The van der Waals surface area contributed by atoms with Gasteiger partial charge in [0.15, 0.2) is 0 Å². The quantitative estimate of drug-likeness (QED) is 0.700. The molecule has 0 aliphatic heterocycles. The zero-order valence-corrected chi connectivity index (χ0v) is 7.65. The molecule has 0 bridgehead atoms. The molecule has 2 rings (SSSR count). The second-order valence-electron chi connectivity index (χ2n) is 2.18. The Kier molecular flexibility index (Phi) is 1.91. The first-order chi connectivity index (χ1) is 5.86. The third-order valence-electron chi connectivity index (χ3n) is 1.37. The summed E-state index contributed by atoms with van der Waals surface area (Å²) in [5.41, 5.74) is 0.731. The minimum atomic E-state index is 0.538. The first-order valence-electron chi connectivity index (χ1n) is 3.39. The van der Waals surface area contributed by atoms with Gasteiger partial charge in [-0.25, -0.2) is 9.97 Å². The van der Waals surface area contributed by atoms with E-state index >= 15 is 0 Å². The minimum Gasteiger partial charge on any atom is -0.443 e. The van der Waals surface area contributed by atoms with Crippen molar-refractivity contribution >= 4 is 15.9 Å². The Morgan fingerprint density at radius 2 is 2.25 bits per heavy atom. The molecule has 0 saturated carbocycles. The highest BCUT2D eigenvalue weighted by Gasteiger charge is 2.02. The zero-order chi connectivity index (χ0) is 8.39. The Morgan fingerprint density at radius 3 is 2.92 bits per heavy atom. The van der Waals surface area contributed by atoms with E-state index in [0.29, 0.717) is 5.89 Å². The van der Waals surface area contributed by atoms with Gasteiger partial charge in [-0.2, -0.15) is 0 Å². The van der Waals surface area contributed by atoms with Crippen molar-refractivity contribution in [2.75, 3.05) is 0 Å². The average Bonchev–Trinajstić information content (AvgIpc) is 2.56. The van der Waals surface area contributed by atoms with E-state index in [1.165, 1.54) is 6.26 Å². The Labute approximate surface area is 77.6 Å². The summed E-state index contributed by atoms with van der Waals surface area (Å²) in [6.45, 7) is 0. The van der Waals surface area contributed by atoms with Crippen molar-refractivity contribution in [2.24, 2.45) is 0 Å². The molecule has 0 spiro atoms. The van der Waals surface area contributed by atoms with Gasteiger partial charge < -0.3 is 4.42 Å². The molecule has 3 nitrogen and oxygen atoms in total. The van der Waals surface area contributed by atoms with E-state index in [0.717, 1.165) is 10.3 Å². The van der Waals surface area contributed by atoms with Gasteiger partial charge in [0, 0.05) is 0 Å². The van der Waals surface area contributed by atoms with Crippen LogP contribution in [0.2, 0.25) is 0 Å². The molecule has 60 valence electrons. The second-order valence-corrected chi connectivity index (χ2v) is 3.00. The largest absolute Gasteiger partial charge is 0.443 e. The molecule has 4 heteroatoms. The van der Waals surface area contributed by atoms with Crippen molar-refractivity contribution in [1.82, 2.24) is 9.97 Å². The number of rotatable bonds is 1. The number of pyridine rings is 1. The maximum absolute atomic E-state index is 5.08. The lowest BCUT2D eigenvalue weighted by molar-refractivity contribution is 0.572. The summed E-state index contributed by atoms with van der Waals surface area (Å²) in [5, 5.41) is 0. The summed E-state index contributed by atoms with van der Waals surface area (Å²) >= 11 is 3.27. The zero-order valence-electron chi connectivity index (χ0n) is 6.07. The van der Waals surface area contributed by atoms with Crippen molar-refractivity contribution in [3.05, 3.63) is 35.3 Å². The van der Waals surface area contributed by atoms with Gasteiger partial charge in [-0.3, -0.25) is 0 Å². The molecule has 0 aromatic carbocycles. The van der Waals surface area contributed by atoms with Gasteiger partial charge >= 0.3 is 0 Å². The first kappa shape index (κ1) is 7.49. The van der Waals surface area contributed by atoms with Crippen molar-refractivity contribution in [2.45, 2.75) is 0 Å². The summed E-state index contributed by atoms with van der Waals surface area (Å²) < 4.78 is 5.86. The van der Waals surface area contributed by atoms with Crippen LogP contribution in [-0.4, -0.2) is 9.97 Å². The fraction of sp³-hybridized carbons (Fsp3) is 0. The Bertz CT molecular complexity index is 372. The SMILES string of the molecule is Brc1cccc(-c2ncco2)n1. The van der Waals surface area contributed by atoms with Crippen LogP contribution in [0.3, 0.4) is 0 Å². The maximum atomic E-state index is 5.08. The van der Waals surface area contributed by atoms with Gasteiger partial charge in [-0.15, -0.1) is 0 Å². The van der Waals surface area contributed by atoms with Crippen molar-refractivity contribution in [3.8, 4) is 11.6 Å². The Hall–Kier alpha value is -1.16. The molecule has 2 aromatic heterocycles. The number of aromatic nitrogens is 2. The molecule has 0 aliphatic carbocycles. The number of hydrogen-bond donors (Lipinski definition) is 0. The second kappa shape index (κ2) is 3.06. The monoisotopic (exact) mass is 224 g/mol. The van der Waals surface area contributed by atoms with Crippen LogP contribution in [0.1, 0.15) is 0 Å². The fourth-order valence-electron chi connectivity index (χ4n) is 0.877. The summed E-state index contributed by atoms with van der Waals surface area (Å²) in [4.78, 5) is 8.15. The van der Waals surface area contributed by atoms with Gasteiger partial charge in [0.1, 0.15) is 16.6 Å². The molecule has 0 amide bonds. The lowest BCUT2D eigenvalue weighted by Gasteiger charge is -1.93. The van der Waals surface area contributed by atoms with Crippen LogP contribution in [0.4, 0.5) is 0 Å². The van der Waals surface area contributed by atoms with Crippen molar-refractivity contribution in [3.63, 3.8) is 0 Å². The van der Waals surface area contributed by atoms with Crippen LogP contribution < -0.4 is 0 Å². The van der Waals surface area contributed by atoms with Crippen LogP contribution in [0, 0.1) is 0 Å². The molecule has 0 saturated heterocycles. The molecule has 12 heavy (non-hydrogen) atoms. The van der Waals surface area contributed by atoms with Crippen LogP contribution >= 0.6 is 15.9 Å². The summed E-state index contributed by atoms with van der Waals surface area (Å²) in [7, 11) is 0. The molecule has 0 N–H and O–H groups in total. The topological polar surface area (TPSA) is 38.9 Å². The highest BCUT2D eigenvalue weighted by Crippen LogP contribution is 2.16. The van der Waals surface area contributed by atoms with Gasteiger partial charge in [-0.05, 0) is 28.1 Å². The third kappa shape index (κ3) is 1.38. The smallest absolute Gasteiger partial charge is 0.245 e. The van der Waals surface area contributed by atoms with Gasteiger partial charge in [0.05, 0.1) is 6.20 Å². The molecular formula is C8H5BrN2O. The first-order valence-corrected chi connectivity index (χ1v) is 4.18. The standard InChI is InChI=1S/C8H5BrN2O/c9-7-3-1-2-6(11-7)8-10-4-5-12-8/h1-5H. The van der Waals surface area contributed by atoms with E-state index < -0.39 is 0 Å². The molecule has 0 radical (unpaired) electrons. The average molecular weight is 225 g/mol. The van der Waals surface area contributed by atoms with E-state index in [4.69, 9.17) is 4.42 Å². The summed E-state index contributed by atoms with van der Waals surface area (Å²) in [5.74, 6) is 0.538. The van der Waals surface area contributed by atoms with E-state index in [9.17, 15) is 0 Å². The highest BCUT2D eigenvalue weighted by molar-refractivity contribution is 9.10. The predicted molar refractivity (Wildman–Crippen MR) is 47.4 cm³/mol. The minimum absolute atomic E-state index is 0.538. The lowest BCUT2D eigenvalue weighted by atomic mass is 10.3. The lowest BCUT2D eigenvalue weighted by Crippen LogP contribution is -1.82. The molecule has 0 unspecified atom stereocenters. The van der Waals surface area contributed by atoms with Crippen molar-refractivity contribution in [1.29, 1.82) is 0 Å². The fourth-order valence-corrected chi connectivity index (χ4v) is 1.22. The number of nitrogens with zero attached hydrogens (tertiary/aromatic N) is 2. The summed E-state index contributed by atoms with van der Waals surface area (Å²) in [6.07, 6.45) is 3.12. The van der Waals surface area contributed by atoms with Gasteiger partial charge in [0.2, 0.25) is 5.89 Å².